The van der Waals surface area contributed by atoms with Gasteiger partial charge in [0.05, 0.1) is 55.2 Å². The fraction of sp³-hybridized carbons (Fsp3) is 0.0382. The number of hydrogen-bond acceptors (Lipinski definition) is 0. The zero-order valence-corrected chi connectivity index (χ0v) is 76.3. The van der Waals surface area contributed by atoms with Gasteiger partial charge in [-0.25, -0.2) is 0 Å². The molecule has 5 heteroatoms. The second-order valence-electron chi connectivity index (χ2n) is 36.4. The monoisotopic (exact) mass is 1740 g/mol. The van der Waals surface area contributed by atoms with Gasteiger partial charge in [0.25, 0.3) is 0 Å². The van der Waals surface area contributed by atoms with Crippen molar-refractivity contribution in [1.82, 2.24) is 22.8 Å². The van der Waals surface area contributed by atoms with E-state index in [0.717, 1.165) is 0 Å². The predicted molar refractivity (Wildman–Crippen MR) is 585 cm³/mol. The molecule has 0 saturated heterocycles. The molecule has 5 aromatic heterocycles. The molecule has 0 fully saturated rings. The van der Waals surface area contributed by atoms with Gasteiger partial charge >= 0.3 is 0 Å². The molecule has 5 heterocycles. The maximum absolute atomic E-state index is 2.49. The highest BCUT2D eigenvalue weighted by atomic mass is 15.0. The third kappa shape index (κ3) is 13.3. The standard InChI is InChI=1S/C31H21N.2C27H19N.2C23H17N/c1-20-19-28-29-25-16-8-6-14-23(25)24-15-7-10-18-27(24)31(29)32(21-11-3-2-4-12-21)30(28)26-17-9-5-13-22(20)26;1-18-15-16-25-24(17-18)26-22-13-7-5-11-20(22)21-12-6-8-14-23(21)27(26)28(25)19-9-3-2-4-10-19;1-18-17-25-24-16-15-19-9-5-6-13-22(19)26(24)28(20-10-3-2-4-11-20)27(25)23-14-8-7-12-21(18)23;1-16-11-12-22-20(13-16)21-14-17-7-5-6-8-18(17)15-23(21)24(22)19-9-3-2-4-10-19;1-16-11-14-22-21(15-16)20-13-12-17-7-5-6-10-19(17)23(20)24(22)18-8-3-2-4-9-18/h2-19H,1H3;2*2-17H,1H3;2*2-15H,1H3. The molecule has 136 heavy (non-hydrogen) atoms. The van der Waals surface area contributed by atoms with E-state index in [-0.39, 0.29) is 0 Å². The van der Waals surface area contributed by atoms with Gasteiger partial charge in [0.15, 0.2) is 0 Å². The van der Waals surface area contributed by atoms with Crippen LogP contribution in [-0.2, 0) is 0 Å². The summed E-state index contributed by atoms with van der Waals surface area (Å²) >= 11 is 0. The first kappa shape index (κ1) is 80.7. The molecule has 5 nitrogen and oxygen atoms in total. The maximum Gasteiger partial charge on any atom is 0.0626 e. The van der Waals surface area contributed by atoms with Crippen LogP contribution in [0.4, 0.5) is 0 Å². The molecule has 642 valence electrons. The number of aromatic nitrogens is 5. The SMILES string of the molecule is Cc1cc2c3c4ccccc4c4ccccc4c3n(-c3ccccc3)c2c2ccccc12.Cc1cc2c3ccc4ccccc4c3n(-c3ccccc3)c2c2ccccc12.Cc1ccc2c(c1)c1c3ccccc3c3ccccc3c1n2-c1ccccc1.Cc1ccc2c(c1)c1cc3ccccc3cc1n2-c1ccccc1.Cc1ccc2c(c1)c1ccc3ccccc3c1n2-c1ccccc1. The summed E-state index contributed by atoms with van der Waals surface area (Å²) in [7, 11) is 0. The highest BCUT2D eigenvalue weighted by Gasteiger charge is 2.26. The molecule has 0 spiro atoms. The van der Waals surface area contributed by atoms with Gasteiger partial charge < -0.3 is 22.8 Å². The normalized spacial score (nSPS) is 11.7. The Morgan fingerprint density at radius 3 is 0.838 bits per heavy atom. The van der Waals surface area contributed by atoms with Gasteiger partial charge in [0, 0.05) is 115 Å². The lowest BCUT2D eigenvalue weighted by Gasteiger charge is -2.13. The minimum atomic E-state index is 1.20. The fourth-order valence-electron chi connectivity index (χ4n) is 22.2. The average Bonchev–Trinajstić information content (AvgIpc) is 1.54. The second-order valence-corrected chi connectivity index (χ2v) is 36.4. The summed E-state index contributed by atoms with van der Waals surface area (Å²) in [6.45, 7) is 10.9. The third-order valence-electron chi connectivity index (χ3n) is 28.2. The molecule has 29 aromatic rings. The van der Waals surface area contributed by atoms with Crippen LogP contribution in [0.15, 0.2) is 473 Å². The lowest BCUT2D eigenvalue weighted by atomic mass is 9.95. The molecule has 0 aliphatic heterocycles. The van der Waals surface area contributed by atoms with Crippen LogP contribution in [0.3, 0.4) is 0 Å². The second kappa shape index (κ2) is 33.2. The van der Waals surface area contributed by atoms with E-state index in [0.29, 0.717) is 0 Å². The topological polar surface area (TPSA) is 24.6 Å². The Hall–Kier alpha value is -17.4. The van der Waals surface area contributed by atoms with E-state index >= 15 is 0 Å². The van der Waals surface area contributed by atoms with Crippen LogP contribution in [0, 0.1) is 34.6 Å². The molecular weight excluding hydrogens is 1640 g/mol. The summed E-state index contributed by atoms with van der Waals surface area (Å²) < 4.78 is 12.1. The van der Waals surface area contributed by atoms with Crippen LogP contribution in [-0.4, -0.2) is 22.8 Å². The zero-order chi connectivity index (χ0) is 90.8. The first-order chi connectivity index (χ1) is 67.1. The van der Waals surface area contributed by atoms with Crippen LogP contribution in [0.25, 0.3) is 234 Å². The van der Waals surface area contributed by atoms with Gasteiger partial charge in [0.2, 0.25) is 0 Å². The van der Waals surface area contributed by atoms with Gasteiger partial charge in [-0.1, -0.05) is 369 Å². The molecule has 0 unspecified atom stereocenters. The summed E-state index contributed by atoms with van der Waals surface area (Å²) in [5, 5.41) is 36.7. The summed E-state index contributed by atoms with van der Waals surface area (Å²) in [6.07, 6.45) is 0. The smallest absolute Gasteiger partial charge is 0.0626 e. The predicted octanol–water partition coefficient (Wildman–Crippen LogP) is 35.8. The Kier molecular flexibility index (Phi) is 19.7. The summed E-state index contributed by atoms with van der Waals surface area (Å²) in [5.74, 6) is 0. The first-order valence-electron chi connectivity index (χ1n) is 47.2. The third-order valence-corrected chi connectivity index (χ3v) is 28.2. The minimum Gasteiger partial charge on any atom is -0.309 e. The Morgan fingerprint density at radius 1 is 0.125 bits per heavy atom. The van der Waals surface area contributed by atoms with Crippen molar-refractivity contribution in [1.29, 1.82) is 0 Å². The Bertz CT molecular complexity index is 9820. The number of fused-ring (bicyclic) bond motifs is 34. The van der Waals surface area contributed by atoms with Crippen LogP contribution in [0.5, 0.6) is 0 Å². The van der Waals surface area contributed by atoms with Crippen molar-refractivity contribution in [3.63, 3.8) is 0 Å². The zero-order valence-electron chi connectivity index (χ0n) is 76.3. The largest absolute Gasteiger partial charge is 0.309 e. The molecule has 0 atom stereocenters. The average molecular weight is 1740 g/mol. The van der Waals surface area contributed by atoms with E-state index in [9.17, 15) is 0 Å². The van der Waals surface area contributed by atoms with Crippen LogP contribution in [0.1, 0.15) is 27.8 Å². The van der Waals surface area contributed by atoms with Crippen molar-refractivity contribution in [3.05, 3.63) is 501 Å². The van der Waals surface area contributed by atoms with E-state index in [1.165, 1.54) is 262 Å². The molecule has 24 aromatic carbocycles. The van der Waals surface area contributed by atoms with Crippen LogP contribution in [0.2, 0.25) is 0 Å². The van der Waals surface area contributed by atoms with E-state index in [1.54, 1.807) is 0 Å². The minimum absolute atomic E-state index is 1.20. The number of para-hydroxylation sites is 5. The van der Waals surface area contributed by atoms with Crippen molar-refractivity contribution < 1.29 is 0 Å². The summed E-state index contributed by atoms with van der Waals surface area (Å²) in [4.78, 5) is 0. The van der Waals surface area contributed by atoms with Crippen molar-refractivity contribution in [2.24, 2.45) is 0 Å². The van der Waals surface area contributed by atoms with E-state index < -0.39 is 0 Å². The van der Waals surface area contributed by atoms with Gasteiger partial charge in [-0.05, 0) is 232 Å². The van der Waals surface area contributed by atoms with Gasteiger partial charge in [-0.2, -0.15) is 0 Å². The van der Waals surface area contributed by atoms with Crippen LogP contribution >= 0.6 is 0 Å². The summed E-state index contributed by atoms with van der Waals surface area (Å²) in [6, 6.07) is 171. The molecule has 0 bridgehead atoms. The first-order valence-corrected chi connectivity index (χ1v) is 47.2. The molecule has 0 saturated carbocycles. The van der Waals surface area contributed by atoms with Crippen molar-refractivity contribution in [2.75, 3.05) is 0 Å². The Labute approximate surface area is 787 Å². The fourth-order valence-corrected chi connectivity index (χ4v) is 22.2. The Balaban J connectivity index is 0.0000000909. The molecule has 0 N–H and O–H groups in total. The van der Waals surface area contributed by atoms with Crippen molar-refractivity contribution >= 4 is 206 Å². The molecule has 0 radical (unpaired) electrons. The maximum atomic E-state index is 2.49. The number of benzene rings is 24. The van der Waals surface area contributed by atoms with E-state index in [4.69, 9.17) is 0 Å². The Morgan fingerprint density at radius 2 is 0.382 bits per heavy atom. The number of rotatable bonds is 5. The van der Waals surface area contributed by atoms with Gasteiger partial charge in [-0.3, -0.25) is 0 Å². The highest BCUT2D eigenvalue weighted by Crippen LogP contribution is 2.49. The molecule has 0 amide bonds. The van der Waals surface area contributed by atoms with Gasteiger partial charge in [0.1, 0.15) is 0 Å². The van der Waals surface area contributed by atoms with Crippen LogP contribution < -0.4 is 0 Å². The lowest BCUT2D eigenvalue weighted by Crippen LogP contribution is -1.95. The molecule has 29 rings (SSSR count). The number of nitrogens with zero attached hydrogens (tertiary/aromatic N) is 5. The molecular formula is C131H93N5. The number of hydrogen-bond donors (Lipinski definition) is 0. The van der Waals surface area contributed by atoms with Crippen molar-refractivity contribution in [2.45, 2.75) is 34.6 Å². The number of aryl methyl sites for hydroxylation is 5. The van der Waals surface area contributed by atoms with Crippen molar-refractivity contribution in [3.8, 4) is 28.4 Å². The quantitative estimate of drug-likeness (QED) is 0.153. The lowest BCUT2D eigenvalue weighted by molar-refractivity contribution is 1.18. The van der Waals surface area contributed by atoms with E-state index in [1.807, 2.05) is 0 Å². The van der Waals surface area contributed by atoms with E-state index in [2.05, 4.69) is 531 Å². The summed E-state index contributed by atoms with van der Waals surface area (Å²) in [5.41, 5.74) is 25.3. The van der Waals surface area contributed by atoms with Gasteiger partial charge in [-0.15, -0.1) is 0 Å². The molecule has 0 aliphatic carbocycles. The molecule has 0 aliphatic rings. The highest BCUT2D eigenvalue weighted by molar-refractivity contribution is 6.36.